The van der Waals surface area contributed by atoms with E-state index in [1.54, 1.807) is 4.90 Å². The maximum atomic E-state index is 12.6. The quantitative estimate of drug-likeness (QED) is 0.703. The van der Waals surface area contributed by atoms with E-state index in [0.717, 1.165) is 12.8 Å². The van der Waals surface area contributed by atoms with E-state index in [1.165, 1.54) is 0 Å². The Kier molecular flexibility index (Phi) is 4.42. The lowest BCUT2D eigenvalue weighted by Gasteiger charge is -2.39. The molecule has 6 heteroatoms. The third-order valence-electron chi connectivity index (χ3n) is 4.29. The largest absolute Gasteiger partial charge is 0.377 e. The summed E-state index contributed by atoms with van der Waals surface area (Å²) in [5, 5.41) is 0. The van der Waals surface area contributed by atoms with E-state index >= 15 is 0 Å². The number of ether oxygens (including phenoxy) is 1. The number of primary amides is 1. The van der Waals surface area contributed by atoms with Crippen molar-refractivity contribution in [2.24, 2.45) is 23.3 Å². The molecule has 1 heterocycles. The first-order valence-electron chi connectivity index (χ1n) is 6.93. The van der Waals surface area contributed by atoms with Gasteiger partial charge in [-0.15, -0.1) is 0 Å². The van der Waals surface area contributed by atoms with Gasteiger partial charge in [0.2, 0.25) is 11.8 Å². The SMILES string of the molecule is CC1CCC(N)CC1C(=O)N1CCOCC1C(N)=O. The molecule has 6 nitrogen and oxygen atoms in total. The lowest BCUT2D eigenvalue weighted by atomic mass is 9.77. The van der Waals surface area contributed by atoms with Crippen molar-refractivity contribution in [1.29, 1.82) is 0 Å². The summed E-state index contributed by atoms with van der Waals surface area (Å²) in [4.78, 5) is 25.6. The van der Waals surface area contributed by atoms with Gasteiger partial charge in [0.05, 0.1) is 13.2 Å². The van der Waals surface area contributed by atoms with Gasteiger partial charge < -0.3 is 21.1 Å². The van der Waals surface area contributed by atoms with Crippen molar-refractivity contribution in [2.75, 3.05) is 19.8 Å². The van der Waals surface area contributed by atoms with Gasteiger partial charge >= 0.3 is 0 Å². The van der Waals surface area contributed by atoms with Gasteiger partial charge in [-0.3, -0.25) is 9.59 Å². The van der Waals surface area contributed by atoms with Crippen LogP contribution in [0.15, 0.2) is 0 Å². The van der Waals surface area contributed by atoms with Crippen molar-refractivity contribution in [3.63, 3.8) is 0 Å². The number of nitrogens with zero attached hydrogens (tertiary/aromatic N) is 1. The van der Waals surface area contributed by atoms with Gasteiger partial charge in [0.15, 0.2) is 0 Å². The van der Waals surface area contributed by atoms with Crippen molar-refractivity contribution < 1.29 is 14.3 Å². The highest BCUT2D eigenvalue weighted by atomic mass is 16.5. The Balaban J connectivity index is 2.10. The van der Waals surface area contributed by atoms with Crippen LogP contribution in [0.5, 0.6) is 0 Å². The minimum atomic E-state index is -0.633. The number of amides is 2. The Hall–Kier alpha value is -1.14. The maximum Gasteiger partial charge on any atom is 0.242 e. The Bertz CT molecular complexity index is 361. The average Bonchev–Trinajstić information content (AvgIpc) is 2.40. The molecule has 4 atom stereocenters. The lowest BCUT2D eigenvalue weighted by Crippen LogP contribution is -2.57. The Morgan fingerprint density at radius 1 is 1.32 bits per heavy atom. The number of morpholine rings is 1. The van der Waals surface area contributed by atoms with Crippen LogP contribution >= 0.6 is 0 Å². The van der Waals surface area contributed by atoms with Gasteiger partial charge in [-0.2, -0.15) is 0 Å². The molecule has 2 rings (SSSR count). The predicted octanol–water partition coefficient (Wildman–Crippen LogP) is -0.537. The van der Waals surface area contributed by atoms with Gasteiger partial charge in [0, 0.05) is 18.5 Å². The summed E-state index contributed by atoms with van der Waals surface area (Å²) in [6.07, 6.45) is 2.62. The Labute approximate surface area is 113 Å². The molecule has 0 aromatic heterocycles. The molecule has 2 fully saturated rings. The third kappa shape index (κ3) is 3.06. The first-order valence-corrected chi connectivity index (χ1v) is 6.93. The Morgan fingerprint density at radius 3 is 2.74 bits per heavy atom. The van der Waals surface area contributed by atoms with Crippen LogP contribution in [0.3, 0.4) is 0 Å². The topological polar surface area (TPSA) is 98.7 Å². The van der Waals surface area contributed by atoms with Crippen LogP contribution in [0.25, 0.3) is 0 Å². The molecule has 19 heavy (non-hydrogen) atoms. The average molecular weight is 269 g/mol. The number of nitrogens with two attached hydrogens (primary N) is 2. The van der Waals surface area contributed by atoms with E-state index in [1.807, 2.05) is 0 Å². The first-order chi connectivity index (χ1) is 9.00. The van der Waals surface area contributed by atoms with E-state index in [0.29, 0.717) is 25.5 Å². The van der Waals surface area contributed by atoms with Crippen LogP contribution in [-0.2, 0) is 14.3 Å². The van der Waals surface area contributed by atoms with Crippen molar-refractivity contribution in [3.05, 3.63) is 0 Å². The van der Waals surface area contributed by atoms with E-state index < -0.39 is 11.9 Å². The van der Waals surface area contributed by atoms with Gasteiger partial charge in [0.1, 0.15) is 6.04 Å². The zero-order valence-corrected chi connectivity index (χ0v) is 11.4. The molecule has 2 amide bonds. The summed E-state index contributed by atoms with van der Waals surface area (Å²) >= 11 is 0. The summed E-state index contributed by atoms with van der Waals surface area (Å²) in [6.45, 7) is 3.18. The van der Waals surface area contributed by atoms with Crippen LogP contribution in [-0.4, -0.2) is 48.6 Å². The predicted molar refractivity (Wildman–Crippen MR) is 70.0 cm³/mol. The van der Waals surface area contributed by atoms with Crippen LogP contribution in [0.4, 0.5) is 0 Å². The molecule has 0 spiro atoms. The fourth-order valence-electron chi connectivity index (χ4n) is 3.01. The van der Waals surface area contributed by atoms with Crippen LogP contribution in [0, 0.1) is 11.8 Å². The summed E-state index contributed by atoms with van der Waals surface area (Å²) < 4.78 is 5.24. The van der Waals surface area contributed by atoms with Crippen molar-refractivity contribution in [3.8, 4) is 0 Å². The molecule has 4 unspecified atom stereocenters. The molecule has 0 radical (unpaired) electrons. The molecule has 1 saturated heterocycles. The molecule has 0 aromatic rings. The minimum absolute atomic E-state index is 0.00903. The van der Waals surface area contributed by atoms with Gasteiger partial charge in [-0.25, -0.2) is 0 Å². The van der Waals surface area contributed by atoms with Crippen LogP contribution in [0.2, 0.25) is 0 Å². The minimum Gasteiger partial charge on any atom is -0.377 e. The molecule has 1 aliphatic heterocycles. The van der Waals surface area contributed by atoms with Gasteiger partial charge in [-0.1, -0.05) is 6.92 Å². The highest BCUT2D eigenvalue weighted by Gasteiger charge is 2.39. The van der Waals surface area contributed by atoms with Crippen LogP contribution in [0.1, 0.15) is 26.2 Å². The van der Waals surface area contributed by atoms with E-state index in [2.05, 4.69) is 6.92 Å². The van der Waals surface area contributed by atoms with E-state index in [4.69, 9.17) is 16.2 Å². The van der Waals surface area contributed by atoms with E-state index in [9.17, 15) is 9.59 Å². The van der Waals surface area contributed by atoms with Gasteiger partial charge in [0.25, 0.3) is 0 Å². The summed E-state index contributed by atoms with van der Waals surface area (Å²) in [5.74, 6) is -0.275. The molecule has 108 valence electrons. The smallest absolute Gasteiger partial charge is 0.242 e. The molecule has 4 N–H and O–H groups in total. The number of carbonyl (C=O) groups excluding carboxylic acids is 2. The second kappa shape index (κ2) is 5.88. The number of hydrogen-bond acceptors (Lipinski definition) is 4. The van der Waals surface area contributed by atoms with Crippen molar-refractivity contribution in [1.82, 2.24) is 4.90 Å². The molecule has 1 saturated carbocycles. The number of rotatable bonds is 2. The lowest BCUT2D eigenvalue weighted by molar-refractivity contribution is -0.152. The molecular formula is C13H23N3O3. The highest BCUT2D eigenvalue weighted by Crippen LogP contribution is 2.31. The molecular weight excluding hydrogens is 246 g/mol. The van der Waals surface area contributed by atoms with Crippen LogP contribution < -0.4 is 11.5 Å². The fourth-order valence-corrected chi connectivity index (χ4v) is 3.01. The number of carbonyl (C=O) groups is 2. The monoisotopic (exact) mass is 269 g/mol. The first kappa shape index (κ1) is 14.3. The van der Waals surface area contributed by atoms with Crippen molar-refractivity contribution in [2.45, 2.75) is 38.3 Å². The summed E-state index contributed by atoms with van der Waals surface area (Å²) in [6, 6.07) is -0.551. The Morgan fingerprint density at radius 2 is 2.05 bits per heavy atom. The third-order valence-corrected chi connectivity index (χ3v) is 4.29. The summed E-state index contributed by atoms with van der Waals surface area (Å²) in [7, 11) is 0. The van der Waals surface area contributed by atoms with E-state index in [-0.39, 0.29) is 24.5 Å². The molecule has 0 aromatic carbocycles. The zero-order valence-electron chi connectivity index (χ0n) is 11.4. The zero-order chi connectivity index (χ0) is 14.0. The van der Waals surface area contributed by atoms with Gasteiger partial charge in [-0.05, 0) is 25.2 Å². The second-order valence-electron chi connectivity index (χ2n) is 5.68. The maximum absolute atomic E-state index is 12.6. The number of hydrogen-bond donors (Lipinski definition) is 2. The van der Waals surface area contributed by atoms with Crippen molar-refractivity contribution >= 4 is 11.8 Å². The standard InChI is InChI=1S/C13H23N3O3/c1-8-2-3-9(14)6-10(8)13(18)16-4-5-19-7-11(16)12(15)17/h8-11H,2-7,14H2,1H3,(H2,15,17). The highest BCUT2D eigenvalue weighted by molar-refractivity contribution is 5.88. The molecule has 2 aliphatic rings. The second-order valence-corrected chi connectivity index (χ2v) is 5.68. The fraction of sp³-hybridized carbons (Fsp3) is 0.846. The normalized spacial score (nSPS) is 36.0. The molecule has 0 bridgehead atoms. The summed E-state index contributed by atoms with van der Waals surface area (Å²) in [5.41, 5.74) is 11.3. The molecule has 1 aliphatic carbocycles.